The van der Waals surface area contributed by atoms with E-state index in [4.69, 9.17) is 9.15 Å². The second-order valence-electron chi connectivity index (χ2n) is 5.70. The van der Waals surface area contributed by atoms with Crippen molar-refractivity contribution in [3.63, 3.8) is 0 Å². The summed E-state index contributed by atoms with van der Waals surface area (Å²) in [6.45, 7) is 0. The number of hydrogen-bond donors (Lipinski definition) is 1. The number of methoxy groups -OCH3 is 1. The first-order chi connectivity index (χ1) is 12.7. The second kappa shape index (κ2) is 6.33. The number of pyridine rings is 1. The van der Waals surface area contributed by atoms with Gasteiger partial charge in [-0.25, -0.2) is 4.79 Å². The molecule has 0 aliphatic carbocycles. The monoisotopic (exact) mass is 346 g/mol. The highest BCUT2D eigenvalue weighted by molar-refractivity contribution is 6.06. The summed E-state index contributed by atoms with van der Waals surface area (Å²) in [5, 5.41) is 4.18. The lowest BCUT2D eigenvalue weighted by molar-refractivity contribution is 0.102. The zero-order valence-electron chi connectivity index (χ0n) is 13.9. The van der Waals surface area contributed by atoms with Crippen molar-refractivity contribution in [3.05, 3.63) is 76.8 Å². The fraction of sp³-hybridized carbons (Fsp3) is 0.0500. The molecule has 0 aliphatic rings. The number of fused-ring (bicyclic) bond motifs is 2. The van der Waals surface area contributed by atoms with Gasteiger partial charge in [0.05, 0.1) is 24.5 Å². The SMILES string of the molecule is COc1cccc2cc(C(=O)Nc3cnc4ccccc4c3)c(=O)oc12. The lowest BCUT2D eigenvalue weighted by atomic mass is 10.1. The third-order valence-corrected chi connectivity index (χ3v) is 4.04. The van der Waals surface area contributed by atoms with Gasteiger partial charge in [-0.2, -0.15) is 0 Å². The van der Waals surface area contributed by atoms with E-state index in [1.807, 2.05) is 24.3 Å². The number of benzene rings is 2. The summed E-state index contributed by atoms with van der Waals surface area (Å²) >= 11 is 0. The third-order valence-electron chi connectivity index (χ3n) is 4.04. The third kappa shape index (κ3) is 2.77. The molecule has 0 bridgehead atoms. The molecule has 0 unspecified atom stereocenters. The topological polar surface area (TPSA) is 81.4 Å². The first-order valence-electron chi connectivity index (χ1n) is 7.93. The van der Waals surface area contributed by atoms with Crippen LogP contribution in [0.25, 0.3) is 21.9 Å². The van der Waals surface area contributed by atoms with Crippen molar-refractivity contribution in [2.45, 2.75) is 0 Å². The summed E-state index contributed by atoms with van der Waals surface area (Å²) in [7, 11) is 1.49. The van der Waals surface area contributed by atoms with Gasteiger partial charge in [0.1, 0.15) is 5.56 Å². The predicted molar refractivity (Wildman–Crippen MR) is 98.7 cm³/mol. The van der Waals surface area contributed by atoms with Gasteiger partial charge >= 0.3 is 5.63 Å². The van der Waals surface area contributed by atoms with Crippen LogP contribution in [0.2, 0.25) is 0 Å². The minimum atomic E-state index is -0.728. The molecule has 0 fully saturated rings. The number of nitrogens with zero attached hydrogens (tertiary/aromatic N) is 1. The summed E-state index contributed by atoms with van der Waals surface area (Å²) in [6.07, 6.45) is 1.55. The Morgan fingerprint density at radius 1 is 1.08 bits per heavy atom. The van der Waals surface area contributed by atoms with Crippen LogP contribution in [0.3, 0.4) is 0 Å². The zero-order valence-corrected chi connectivity index (χ0v) is 13.9. The molecule has 0 saturated heterocycles. The number of amides is 1. The van der Waals surface area contributed by atoms with Gasteiger partial charge in [0.15, 0.2) is 11.3 Å². The maximum Gasteiger partial charge on any atom is 0.349 e. The molecule has 2 aromatic carbocycles. The van der Waals surface area contributed by atoms with E-state index in [0.29, 0.717) is 22.4 Å². The highest BCUT2D eigenvalue weighted by Crippen LogP contribution is 2.24. The van der Waals surface area contributed by atoms with Crippen molar-refractivity contribution in [1.29, 1.82) is 0 Å². The molecule has 1 N–H and O–H groups in total. The smallest absolute Gasteiger partial charge is 0.349 e. The van der Waals surface area contributed by atoms with Gasteiger partial charge in [-0.1, -0.05) is 30.3 Å². The van der Waals surface area contributed by atoms with Crippen LogP contribution < -0.4 is 15.7 Å². The Kier molecular flexibility index (Phi) is 3.85. The first-order valence-corrected chi connectivity index (χ1v) is 7.93. The van der Waals surface area contributed by atoms with E-state index in [0.717, 1.165) is 10.9 Å². The van der Waals surface area contributed by atoms with Crippen LogP contribution in [0, 0.1) is 0 Å². The number of ether oxygens (including phenoxy) is 1. The van der Waals surface area contributed by atoms with Crippen LogP contribution >= 0.6 is 0 Å². The fourth-order valence-corrected chi connectivity index (χ4v) is 2.77. The van der Waals surface area contributed by atoms with Gasteiger partial charge < -0.3 is 14.5 Å². The number of carbonyl (C=O) groups is 1. The molecule has 26 heavy (non-hydrogen) atoms. The molecule has 0 aliphatic heterocycles. The molecule has 0 radical (unpaired) electrons. The molecule has 0 atom stereocenters. The quantitative estimate of drug-likeness (QED) is 0.573. The van der Waals surface area contributed by atoms with E-state index >= 15 is 0 Å². The van der Waals surface area contributed by atoms with Crippen molar-refractivity contribution in [1.82, 2.24) is 4.98 Å². The van der Waals surface area contributed by atoms with Gasteiger partial charge in [0.25, 0.3) is 5.91 Å². The Labute approximate surface area is 148 Å². The summed E-state index contributed by atoms with van der Waals surface area (Å²) < 4.78 is 10.5. The zero-order chi connectivity index (χ0) is 18.1. The van der Waals surface area contributed by atoms with Crippen molar-refractivity contribution in [2.24, 2.45) is 0 Å². The van der Waals surface area contributed by atoms with Crippen molar-refractivity contribution in [3.8, 4) is 5.75 Å². The largest absolute Gasteiger partial charge is 0.493 e. The molecular weight excluding hydrogens is 332 g/mol. The van der Waals surface area contributed by atoms with Crippen LogP contribution in [0.1, 0.15) is 10.4 Å². The van der Waals surface area contributed by atoms with E-state index in [9.17, 15) is 9.59 Å². The van der Waals surface area contributed by atoms with E-state index < -0.39 is 11.5 Å². The molecule has 0 saturated carbocycles. The van der Waals surface area contributed by atoms with E-state index in [1.54, 1.807) is 30.5 Å². The molecule has 0 spiro atoms. The summed E-state index contributed by atoms with van der Waals surface area (Å²) in [5.74, 6) is -0.120. The normalized spacial score (nSPS) is 10.8. The van der Waals surface area contributed by atoms with Crippen LogP contribution in [-0.2, 0) is 0 Å². The molecule has 6 nitrogen and oxygen atoms in total. The minimum absolute atomic E-state index is 0.0843. The Morgan fingerprint density at radius 3 is 2.73 bits per heavy atom. The number of anilines is 1. The van der Waals surface area contributed by atoms with Crippen molar-refractivity contribution < 1.29 is 13.9 Å². The highest BCUT2D eigenvalue weighted by Gasteiger charge is 2.16. The molecular formula is C20H14N2O4. The van der Waals surface area contributed by atoms with Gasteiger partial charge in [0.2, 0.25) is 0 Å². The first kappa shape index (κ1) is 15.8. The maximum atomic E-state index is 12.5. The van der Waals surface area contributed by atoms with Crippen LogP contribution in [0.15, 0.2) is 70.0 Å². The molecule has 2 aromatic heterocycles. The molecule has 2 heterocycles. The summed E-state index contributed by atoms with van der Waals surface area (Å²) in [4.78, 5) is 29.1. The highest BCUT2D eigenvalue weighted by atomic mass is 16.5. The van der Waals surface area contributed by atoms with E-state index in [-0.39, 0.29) is 5.56 Å². The number of nitrogens with one attached hydrogen (secondary N) is 1. The summed E-state index contributed by atoms with van der Waals surface area (Å²) in [5.41, 5.74) is 0.817. The Morgan fingerprint density at radius 2 is 1.88 bits per heavy atom. The molecule has 6 heteroatoms. The van der Waals surface area contributed by atoms with Gasteiger partial charge in [-0.15, -0.1) is 0 Å². The van der Waals surface area contributed by atoms with Crippen LogP contribution in [0.5, 0.6) is 5.75 Å². The van der Waals surface area contributed by atoms with E-state index in [1.165, 1.54) is 13.2 Å². The van der Waals surface area contributed by atoms with Crippen LogP contribution in [-0.4, -0.2) is 18.0 Å². The maximum absolute atomic E-state index is 12.5. The van der Waals surface area contributed by atoms with Gasteiger partial charge in [-0.3, -0.25) is 9.78 Å². The Balaban J connectivity index is 1.71. The van der Waals surface area contributed by atoms with Crippen molar-refractivity contribution in [2.75, 3.05) is 12.4 Å². The number of rotatable bonds is 3. The number of hydrogen-bond acceptors (Lipinski definition) is 5. The molecule has 4 rings (SSSR count). The average molecular weight is 346 g/mol. The lowest BCUT2D eigenvalue weighted by Gasteiger charge is -2.07. The number of para-hydroxylation sites is 2. The molecule has 1 amide bonds. The summed E-state index contributed by atoms with van der Waals surface area (Å²) in [6, 6.07) is 16.0. The Hall–Kier alpha value is -3.67. The van der Waals surface area contributed by atoms with Gasteiger partial charge in [-0.05, 0) is 24.3 Å². The van der Waals surface area contributed by atoms with Crippen LogP contribution in [0.4, 0.5) is 5.69 Å². The second-order valence-corrected chi connectivity index (χ2v) is 5.70. The number of aromatic nitrogens is 1. The number of carbonyl (C=O) groups excluding carboxylic acids is 1. The lowest BCUT2D eigenvalue weighted by Crippen LogP contribution is -2.20. The van der Waals surface area contributed by atoms with E-state index in [2.05, 4.69) is 10.3 Å². The minimum Gasteiger partial charge on any atom is -0.493 e. The molecule has 4 aromatic rings. The standard InChI is InChI=1S/C20H14N2O4/c1-25-17-8-4-6-13-10-15(20(24)26-18(13)17)19(23)22-14-9-12-5-2-3-7-16(12)21-11-14/h2-11H,1H3,(H,22,23). The average Bonchev–Trinajstić information content (AvgIpc) is 2.66. The fourth-order valence-electron chi connectivity index (χ4n) is 2.77. The molecule has 128 valence electrons. The Bertz CT molecular complexity index is 1200. The van der Waals surface area contributed by atoms with Gasteiger partial charge in [0, 0.05) is 10.8 Å². The van der Waals surface area contributed by atoms with Crippen molar-refractivity contribution >= 4 is 33.5 Å². The predicted octanol–water partition coefficient (Wildman–Crippen LogP) is 3.60.